The molecule has 0 spiro atoms. The lowest BCUT2D eigenvalue weighted by Gasteiger charge is -2.10. The monoisotopic (exact) mass is 223 g/mol. The number of hydrogen-bond acceptors (Lipinski definition) is 2. The van der Waals surface area contributed by atoms with Crippen LogP contribution in [0.15, 0.2) is 34.9 Å². The first-order valence-corrected chi connectivity index (χ1v) is 4.83. The maximum Gasteiger partial charge on any atom is 0.127 e. The van der Waals surface area contributed by atoms with Gasteiger partial charge in [0.25, 0.3) is 0 Å². The average molecular weight is 223 g/mol. The van der Waals surface area contributed by atoms with Gasteiger partial charge in [0.05, 0.1) is 12.3 Å². The van der Waals surface area contributed by atoms with Gasteiger partial charge in [-0.05, 0) is 36.2 Å². The summed E-state index contributed by atoms with van der Waals surface area (Å²) >= 11 is 0. The van der Waals surface area contributed by atoms with Gasteiger partial charge in [0.15, 0.2) is 0 Å². The van der Waals surface area contributed by atoms with E-state index in [1.54, 1.807) is 6.07 Å². The molecular formula is C12H11F2NO. The van der Waals surface area contributed by atoms with Crippen LogP contribution in [0, 0.1) is 18.6 Å². The Bertz CT molecular complexity index is 487. The van der Waals surface area contributed by atoms with Crippen LogP contribution in [-0.4, -0.2) is 0 Å². The van der Waals surface area contributed by atoms with Gasteiger partial charge in [-0.2, -0.15) is 0 Å². The summed E-state index contributed by atoms with van der Waals surface area (Å²) in [6.07, 6.45) is 1.50. The first-order valence-electron chi connectivity index (χ1n) is 4.83. The molecule has 0 saturated carbocycles. The second-order valence-corrected chi connectivity index (χ2v) is 3.65. The summed E-state index contributed by atoms with van der Waals surface area (Å²) in [6.45, 7) is 1.83. The zero-order valence-corrected chi connectivity index (χ0v) is 8.71. The van der Waals surface area contributed by atoms with Gasteiger partial charge < -0.3 is 10.2 Å². The molecule has 2 rings (SSSR count). The van der Waals surface area contributed by atoms with Crippen LogP contribution < -0.4 is 5.73 Å². The fraction of sp³-hybridized carbons (Fsp3) is 0.167. The number of furan rings is 1. The molecule has 84 valence electrons. The number of halogens is 2. The highest BCUT2D eigenvalue weighted by Gasteiger charge is 2.16. The molecule has 1 atom stereocenters. The molecule has 1 aromatic carbocycles. The largest absolute Gasteiger partial charge is 0.467 e. The molecule has 0 radical (unpaired) electrons. The molecule has 0 aliphatic rings. The van der Waals surface area contributed by atoms with Gasteiger partial charge in [-0.3, -0.25) is 0 Å². The number of hydrogen-bond donors (Lipinski definition) is 1. The molecule has 0 fully saturated rings. The van der Waals surface area contributed by atoms with E-state index < -0.39 is 17.7 Å². The first kappa shape index (κ1) is 10.8. The van der Waals surface area contributed by atoms with Crippen molar-refractivity contribution < 1.29 is 13.2 Å². The van der Waals surface area contributed by atoms with Crippen LogP contribution >= 0.6 is 0 Å². The van der Waals surface area contributed by atoms with Gasteiger partial charge in [-0.15, -0.1) is 0 Å². The zero-order chi connectivity index (χ0) is 11.7. The topological polar surface area (TPSA) is 39.2 Å². The van der Waals surface area contributed by atoms with E-state index in [1.165, 1.54) is 18.4 Å². The molecule has 2 nitrogen and oxygen atoms in total. The summed E-state index contributed by atoms with van der Waals surface area (Å²) < 4.78 is 31.2. The predicted octanol–water partition coefficient (Wildman–Crippen LogP) is 2.91. The first-order chi connectivity index (χ1) is 7.58. The van der Waals surface area contributed by atoms with E-state index in [4.69, 9.17) is 10.2 Å². The van der Waals surface area contributed by atoms with Crippen molar-refractivity contribution >= 4 is 0 Å². The van der Waals surface area contributed by atoms with Gasteiger partial charge in [0.2, 0.25) is 0 Å². The molecule has 1 aromatic heterocycles. The summed E-state index contributed by atoms with van der Waals surface area (Å²) in [5.74, 6) is -0.769. The van der Waals surface area contributed by atoms with Crippen LogP contribution in [0.25, 0.3) is 0 Å². The van der Waals surface area contributed by atoms with Crippen molar-refractivity contribution in [3.8, 4) is 0 Å². The van der Waals surface area contributed by atoms with Crippen LogP contribution in [0.1, 0.15) is 22.9 Å². The molecule has 1 heterocycles. The van der Waals surface area contributed by atoms with Gasteiger partial charge >= 0.3 is 0 Å². The van der Waals surface area contributed by atoms with Crippen LogP contribution in [0.3, 0.4) is 0 Å². The Hall–Kier alpha value is -1.68. The lowest BCUT2D eigenvalue weighted by molar-refractivity contribution is 0.484. The molecule has 2 aromatic rings. The quantitative estimate of drug-likeness (QED) is 0.850. The normalized spacial score (nSPS) is 12.8. The fourth-order valence-electron chi connectivity index (χ4n) is 1.61. The Labute approximate surface area is 91.7 Å². The van der Waals surface area contributed by atoms with Gasteiger partial charge in [-0.25, -0.2) is 8.78 Å². The molecule has 0 bridgehead atoms. The van der Waals surface area contributed by atoms with E-state index in [9.17, 15) is 8.78 Å². The Kier molecular flexibility index (Phi) is 2.75. The lowest BCUT2D eigenvalue weighted by Crippen LogP contribution is -2.12. The summed E-state index contributed by atoms with van der Waals surface area (Å²) in [4.78, 5) is 0. The minimum absolute atomic E-state index is 0.357. The van der Waals surface area contributed by atoms with Crippen molar-refractivity contribution in [2.45, 2.75) is 13.0 Å². The van der Waals surface area contributed by atoms with Gasteiger partial charge in [0, 0.05) is 6.07 Å². The molecule has 0 aliphatic carbocycles. The molecule has 4 heteroatoms. The SMILES string of the molecule is Cc1ccoc1C(N)c1cc(F)cc(F)c1. The highest BCUT2D eigenvalue weighted by Crippen LogP contribution is 2.24. The number of benzene rings is 1. The van der Waals surface area contributed by atoms with Crippen molar-refractivity contribution in [1.29, 1.82) is 0 Å². The second-order valence-electron chi connectivity index (χ2n) is 3.65. The third-order valence-corrected chi connectivity index (χ3v) is 2.43. The third kappa shape index (κ3) is 1.97. The molecule has 1 unspecified atom stereocenters. The van der Waals surface area contributed by atoms with E-state index in [0.717, 1.165) is 11.6 Å². The Balaban J connectivity index is 2.41. The van der Waals surface area contributed by atoms with E-state index in [-0.39, 0.29) is 0 Å². The maximum absolute atomic E-state index is 13.0. The predicted molar refractivity (Wildman–Crippen MR) is 55.8 cm³/mol. The Morgan fingerprint density at radius 1 is 1.19 bits per heavy atom. The van der Waals surface area contributed by atoms with Gasteiger partial charge in [-0.1, -0.05) is 0 Å². The van der Waals surface area contributed by atoms with E-state index in [0.29, 0.717) is 11.3 Å². The second kappa shape index (κ2) is 4.06. The number of nitrogens with two attached hydrogens (primary N) is 1. The van der Waals surface area contributed by atoms with E-state index >= 15 is 0 Å². The summed E-state index contributed by atoms with van der Waals surface area (Å²) in [6, 6.07) is 4.32. The molecule has 0 amide bonds. The van der Waals surface area contributed by atoms with Crippen molar-refractivity contribution in [3.05, 3.63) is 59.1 Å². The van der Waals surface area contributed by atoms with E-state index in [1.807, 2.05) is 6.92 Å². The highest BCUT2D eigenvalue weighted by atomic mass is 19.1. The Morgan fingerprint density at radius 3 is 2.31 bits per heavy atom. The van der Waals surface area contributed by atoms with Crippen molar-refractivity contribution in [3.63, 3.8) is 0 Å². The third-order valence-electron chi connectivity index (χ3n) is 2.43. The summed E-state index contributed by atoms with van der Waals surface area (Å²) in [5.41, 5.74) is 7.09. The highest BCUT2D eigenvalue weighted by molar-refractivity contribution is 5.30. The molecule has 16 heavy (non-hydrogen) atoms. The molecular weight excluding hydrogens is 212 g/mol. The fourth-order valence-corrected chi connectivity index (χ4v) is 1.61. The van der Waals surface area contributed by atoms with Crippen molar-refractivity contribution in [2.24, 2.45) is 5.73 Å². The Morgan fingerprint density at radius 2 is 1.81 bits per heavy atom. The minimum Gasteiger partial charge on any atom is -0.467 e. The zero-order valence-electron chi connectivity index (χ0n) is 8.71. The van der Waals surface area contributed by atoms with E-state index in [2.05, 4.69) is 0 Å². The number of rotatable bonds is 2. The van der Waals surface area contributed by atoms with Crippen LogP contribution in [0.5, 0.6) is 0 Å². The van der Waals surface area contributed by atoms with Crippen LogP contribution in [0.2, 0.25) is 0 Å². The standard InChI is InChI=1S/C12H11F2NO/c1-7-2-3-16-12(7)11(15)8-4-9(13)6-10(14)5-8/h2-6,11H,15H2,1H3. The summed E-state index contributed by atoms with van der Waals surface area (Å²) in [5, 5.41) is 0. The van der Waals surface area contributed by atoms with Gasteiger partial charge in [0.1, 0.15) is 17.4 Å². The minimum atomic E-state index is -0.653. The van der Waals surface area contributed by atoms with Crippen LogP contribution in [0.4, 0.5) is 8.78 Å². The smallest absolute Gasteiger partial charge is 0.127 e. The molecule has 2 N–H and O–H groups in total. The molecule has 0 aliphatic heterocycles. The average Bonchev–Trinajstić information content (AvgIpc) is 2.62. The number of aryl methyl sites for hydroxylation is 1. The lowest BCUT2D eigenvalue weighted by atomic mass is 10.0. The summed E-state index contributed by atoms with van der Waals surface area (Å²) in [7, 11) is 0. The van der Waals surface area contributed by atoms with Crippen molar-refractivity contribution in [2.75, 3.05) is 0 Å². The molecule has 0 saturated heterocycles. The maximum atomic E-state index is 13.0. The van der Waals surface area contributed by atoms with Crippen LogP contribution in [-0.2, 0) is 0 Å². The van der Waals surface area contributed by atoms with Crippen molar-refractivity contribution in [1.82, 2.24) is 0 Å².